The first-order chi connectivity index (χ1) is 15.2. The van der Waals surface area contributed by atoms with E-state index >= 15 is 0 Å². The highest BCUT2D eigenvalue weighted by atomic mass is 35.5. The van der Waals surface area contributed by atoms with Crippen LogP contribution in [0.3, 0.4) is 0 Å². The van der Waals surface area contributed by atoms with Crippen molar-refractivity contribution in [1.82, 2.24) is 0 Å². The molecule has 1 N–H and O–H groups in total. The topological polar surface area (TPSA) is 46.5 Å². The van der Waals surface area contributed by atoms with E-state index in [-0.39, 0.29) is 5.78 Å². The van der Waals surface area contributed by atoms with Gasteiger partial charge in [-0.2, -0.15) is 0 Å². The number of aliphatic hydroxyl groups is 1. The molecule has 0 amide bonds. The molecule has 0 aliphatic rings. The summed E-state index contributed by atoms with van der Waals surface area (Å²) >= 11 is 6.20. The lowest BCUT2D eigenvalue weighted by Crippen LogP contribution is -2.27. The first kappa shape index (κ1) is 25.4. The van der Waals surface area contributed by atoms with Gasteiger partial charge >= 0.3 is 0 Å². The van der Waals surface area contributed by atoms with Crippen molar-refractivity contribution in [2.24, 2.45) is 0 Å². The second-order valence-electron chi connectivity index (χ2n) is 10.6. The number of carbonyl (C=O) groups is 1. The number of fused-ring (bicyclic) bond motifs is 1. The monoisotopic (exact) mass is 466 g/mol. The maximum Gasteiger partial charge on any atom is 0.163 e. The molecule has 0 spiro atoms. The van der Waals surface area contributed by atoms with Gasteiger partial charge in [0.05, 0.1) is 11.2 Å². The van der Waals surface area contributed by atoms with Gasteiger partial charge in [-0.3, -0.25) is 4.79 Å². The van der Waals surface area contributed by atoms with Crippen LogP contribution in [0.4, 0.5) is 0 Å². The molecule has 0 heterocycles. The van der Waals surface area contributed by atoms with Crippen LogP contribution < -0.4 is 0 Å². The first-order valence-corrected chi connectivity index (χ1v) is 11.9. The van der Waals surface area contributed by atoms with Gasteiger partial charge in [0, 0.05) is 5.02 Å². The number of carbonyl (C=O) groups excluding carboxylic acids is 1. The fourth-order valence-corrected chi connectivity index (χ4v) is 4.29. The van der Waals surface area contributed by atoms with Gasteiger partial charge < -0.3 is 9.84 Å². The molecule has 1 atom stereocenters. The van der Waals surface area contributed by atoms with Crippen molar-refractivity contribution in [2.75, 3.05) is 0 Å². The fraction of sp³-hybridized carbons (Fsp3) is 0.414. The molecule has 0 aliphatic heterocycles. The van der Waals surface area contributed by atoms with Gasteiger partial charge in [0.15, 0.2) is 5.78 Å². The molecule has 33 heavy (non-hydrogen) atoms. The zero-order valence-electron chi connectivity index (χ0n) is 20.8. The number of halogens is 1. The van der Waals surface area contributed by atoms with Crippen LogP contribution in [0, 0.1) is 6.92 Å². The van der Waals surface area contributed by atoms with Crippen molar-refractivity contribution in [1.29, 1.82) is 0 Å². The van der Waals surface area contributed by atoms with Crippen LogP contribution in [0.25, 0.3) is 21.9 Å². The number of hydrogen-bond acceptors (Lipinski definition) is 3. The highest BCUT2D eigenvalue weighted by Crippen LogP contribution is 2.41. The van der Waals surface area contributed by atoms with Gasteiger partial charge in [0.1, 0.15) is 6.10 Å². The summed E-state index contributed by atoms with van der Waals surface area (Å²) in [5.41, 5.74) is 3.83. The molecule has 0 fully saturated rings. The summed E-state index contributed by atoms with van der Waals surface area (Å²) in [7, 11) is 0. The summed E-state index contributed by atoms with van der Waals surface area (Å²) in [5, 5.41) is 13.0. The van der Waals surface area contributed by atoms with Crippen molar-refractivity contribution in [3.05, 3.63) is 70.2 Å². The number of rotatable bonds is 7. The summed E-state index contributed by atoms with van der Waals surface area (Å²) in [4.78, 5) is 12.9. The van der Waals surface area contributed by atoms with E-state index in [2.05, 4.69) is 24.3 Å². The van der Waals surface area contributed by atoms with Gasteiger partial charge in [-0.25, -0.2) is 0 Å². The maximum atomic E-state index is 12.9. The Morgan fingerprint density at radius 2 is 1.67 bits per heavy atom. The third-order valence-electron chi connectivity index (χ3n) is 5.71. The molecule has 0 aliphatic carbocycles. The lowest BCUT2D eigenvalue weighted by molar-refractivity contribution is -0.138. The molecule has 3 aromatic rings. The molecule has 0 aromatic heterocycles. The zero-order chi connectivity index (χ0) is 24.6. The number of benzene rings is 3. The number of aryl methyl sites for hydroxylation is 2. The highest BCUT2D eigenvalue weighted by Gasteiger charge is 2.29. The molecule has 0 radical (unpaired) electrons. The normalized spacial score (nSPS) is 13.4. The Labute approximate surface area is 202 Å². The van der Waals surface area contributed by atoms with E-state index in [1.165, 1.54) is 0 Å². The van der Waals surface area contributed by atoms with Crippen LogP contribution in [-0.2, 0) is 16.0 Å². The van der Waals surface area contributed by atoms with E-state index in [1.54, 1.807) is 6.92 Å². The molecule has 0 saturated heterocycles. The van der Waals surface area contributed by atoms with E-state index < -0.39 is 17.3 Å². The quantitative estimate of drug-likeness (QED) is 0.389. The molecule has 176 valence electrons. The van der Waals surface area contributed by atoms with Gasteiger partial charge in [-0.15, -0.1) is 0 Å². The van der Waals surface area contributed by atoms with E-state index in [1.807, 2.05) is 65.8 Å². The molecule has 3 aromatic carbocycles. The van der Waals surface area contributed by atoms with Gasteiger partial charge in [-0.1, -0.05) is 48.0 Å². The van der Waals surface area contributed by atoms with Crippen molar-refractivity contribution in [3.8, 4) is 11.1 Å². The molecule has 3 nitrogen and oxygen atoms in total. The van der Waals surface area contributed by atoms with Crippen molar-refractivity contribution in [2.45, 2.75) is 78.6 Å². The van der Waals surface area contributed by atoms with Crippen LogP contribution in [0.15, 0.2) is 48.5 Å². The summed E-state index contributed by atoms with van der Waals surface area (Å²) in [6.07, 6.45) is 0.744. The summed E-state index contributed by atoms with van der Waals surface area (Å²) in [5.74, 6) is -0.0271. The number of Topliss-reactive ketones (excluding diaryl/α,β-unsaturated/α-hetero) is 1. The average Bonchev–Trinajstić information content (AvgIpc) is 2.69. The second kappa shape index (κ2) is 9.58. The van der Waals surface area contributed by atoms with Crippen LogP contribution in [0.1, 0.15) is 70.8 Å². The fourth-order valence-electron chi connectivity index (χ4n) is 4.17. The number of ketones is 1. The smallest absolute Gasteiger partial charge is 0.163 e. The Morgan fingerprint density at radius 3 is 2.21 bits per heavy atom. The lowest BCUT2D eigenvalue weighted by Gasteiger charge is -2.29. The van der Waals surface area contributed by atoms with Gasteiger partial charge in [0.25, 0.3) is 0 Å². The van der Waals surface area contributed by atoms with Crippen molar-refractivity contribution in [3.63, 3.8) is 0 Å². The Bertz CT molecular complexity index is 1150. The molecular formula is C29H35ClO3. The molecular weight excluding hydrogens is 432 g/mol. The third-order valence-corrected chi connectivity index (χ3v) is 5.97. The van der Waals surface area contributed by atoms with Crippen LogP contribution in [-0.4, -0.2) is 22.1 Å². The molecule has 1 unspecified atom stereocenters. The Hall–Kier alpha value is -2.20. The second-order valence-corrected chi connectivity index (χ2v) is 11.0. The molecule has 3 rings (SSSR count). The number of ether oxygens (including phenoxy) is 1. The summed E-state index contributed by atoms with van der Waals surface area (Å²) in [6, 6.07) is 16.3. The summed E-state index contributed by atoms with van der Waals surface area (Å²) < 4.78 is 6.31. The van der Waals surface area contributed by atoms with Gasteiger partial charge in [0.2, 0.25) is 0 Å². The Morgan fingerprint density at radius 1 is 1.03 bits per heavy atom. The SMILES string of the molecule is CC(=O)C(OC(C)(C)C)c1c(C)cc2ccc(CCC(C)(C)O)cc2c1-c1ccc(Cl)cc1. The minimum absolute atomic E-state index is 0.0271. The molecule has 0 bridgehead atoms. The summed E-state index contributed by atoms with van der Waals surface area (Å²) in [6.45, 7) is 13.2. The van der Waals surface area contributed by atoms with Crippen LogP contribution in [0.2, 0.25) is 5.02 Å². The highest BCUT2D eigenvalue weighted by molar-refractivity contribution is 6.30. The molecule has 4 heteroatoms. The number of hydrogen-bond donors (Lipinski definition) is 1. The minimum atomic E-state index is -0.729. The standard InChI is InChI=1S/C29H35ClO3/c1-18-16-22-9-8-20(14-15-29(6,7)32)17-24(22)26(21-10-12-23(30)13-11-21)25(18)27(19(2)31)33-28(3,4)5/h8-13,16-17,27,32H,14-15H2,1-7H3. The first-order valence-electron chi connectivity index (χ1n) is 11.5. The van der Waals surface area contributed by atoms with Crippen molar-refractivity contribution >= 4 is 28.2 Å². The van der Waals surface area contributed by atoms with Crippen LogP contribution >= 0.6 is 11.6 Å². The Kier molecular flexibility index (Phi) is 7.38. The van der Waals surface area contributed by atoms with Crippen LogP contribution in [0.5, 0.6) is 0 Å². The van der Waals surface area contributed by atoms with E-state index in [9.17, 15) is 9.90 Å². The zero-order valence-corrected chi connectivity index (χ0v) is 21.5. The van der Waals surface area contributed by atoms with Crippen molar-refractivity contribution < 1.29 is 14.6 Å². The minimum Gasteiger partial charge on any atom is -0.390 e. The maximum absolute atomic E-state index is 12.9. The van der Waals surface area contributed by atoms with Gasteiger partial charge in [-0.05, 0) is 112 Å². The third kappa shape index (κ3) is 6.44. The van der Waals surface area contributed by atoms with E-state index in [0.717, 1.165) is 45.0 Å². The largest absolute Gasteiger partial charge is 0.390 e. The van der Waals surface area contributed by atoms with E-state index in [0.29, 0.717) is 11.4 Å². The van der Waals surface area contributed by atoms with E-state index in [4.69, 9.17) is 16.3 Å². The molecule has 0 saturated carbocycles. The lowest BCUT2D eigenvalue weighted by atomic mass is 9.85. The predicted octanol–water partition coefficient (Wildman–Crippen LogP) is 7.62. The average molecular weight is 467 g/mol. The Balaban J connectivity index is 2.32. The predicted molar refractivity (Wildman–Crippen MR) is 138 cm³/mol.